The van der Waals surface area contributed by atoms with Gasteiger partial charge in [0, 0.05) is 30.9 Å². The lowest BCUT2D eigenvalue weighted by atomic mass is 10.1. The summed E-state index contributed by atoms with van der Waals surface area (Å²) in [6.07, 6.45) is 3.17. The van der Waals surface area contributed by atoms with Crippen molar-refractivity contribution in [3.63, 3.8) is 0 Å². The molecule has 1 aromatic rings. The minimum Gasteiger partial charge on any atom is -0.310 e. The van der Waals surface area contributed by atoms with Gasteiger partial charge in [0.2, 0.25) is 0 Å². The highest BCUT2D eigenvalue weighted by atomic mass is 15.3. The zero-order chi connectivity index (χ0) is 11.4. The first kappa shape index (κ1) is 12.2. The van der Waals surface area contributed by atoms with E-state index in [1.807, 2.05) is 17.9 Å². The number of nitrogens with zero attached hydrogens (tertiary/aromatic N) is 2. The maximum absolute atomic E-state index is 4.23. The first-order valence-electron chi connectivity index (χ1n) is 5.71. The van der Waals surface area contributed by atoms with Crippen molar-refractivity contribution in [3.8, 4) is 0 Å². The molecular weight excluding hydrogens is 186 g/mol. The van der Waals surface area contributed by atoms with Crippen molar-refractivity contribution in [3.05, 3.63) is 17.5 Å². The van der Waals surface area contributed by atoms with E-state index < -0.39 is 0 Å². The second-order valence-corrected chi connectivity index (χ2v) is 4.79. The number of nitrogens with one attached hydrogen (secondary N) is 1. The molecule has 3 heteroatoms. The Kier molecular flexibility index (Phi) is 4.33. The summed E-state index contributed by atoms with van der Waals surface area (Å²) in [6, 6.07) is 0.574. The van der Waals surface area contributed by atoms with Crippen LogP contribution in [0.4, 0.5) is 0 Å². The van der Waals surface area contributed by atoms with Crippen LogP contribution in [-0.2, 0) is 13.6 Å². The van der Waals surface area contributed by atoms with Crippen molar-refractivity contribution in [2.24, 2.45) is 13.0 Å². The third kappa shape index (κ3) is 3.67. The van der Waals surface area contributed by atoms with Crippen LogP contribution in [0, 0.1) is 12.8 Å². The molecule has 1 rings (SSSR count). The van der Waals surface area contributed by atoms with Crippen LogP contribution in [0.5, 0.6) is 0 Å². The van der Waals surface area contributed by atoms with Crippen LogP contribution in [0.2, 0.25) is 0 Å². The molecule has 86 valence electrons. The molecule has 0 aliphatic carbocycles. The number of rotatable bonds is 5. The summed E-state index contributed by atoms with van der Waals surface area (Å²) in [4.78, 5) is 0. The molecule has 0 aromatic carbocycles. The van der Waals surface area contributed by atoms with Crippen LogP contribution in [0.3, 0.4) is 0 Å². The van der Waals surface area contributed by atoms with Gasteiger partial charge in [-0.3, -0.25) is 4.68 Å². The molecule has 0 spiro atoms. The molecule has 1 heterocycles. The van der Waals surface area contributed by atoms with Crippen molar-refractivity contribution >= 4 is 0 Å². The van der Waals surface area contributed by atoms with Gasteiger partial charge in [-0.25, -0.2) is 0 Å². The van der Waals surface area contributed by atoms with Gasteiger partial charge in [0.15, 0.2) is 0 Å². The molecule has 1 atom stereocenters. The van der Waals surface area contributed by atoms with Crippen LogP contribution in [-0.4, -0.2) is 15.8 Å². The number of hydrogen-bond acceptors (Lipinski definition) is 2. The number of aromatic nitrogens is 2. The summed E-state index contributed by atoms with van der Waals surface area (Å²) >= 11 is 0. The fourth-order valence-electron chi connectivity index (χ4n) is 1.79. The van der Waals surface area contributed by atoms with Gasteiger partial charge in [-0.1, -0.05) is 13.8 Å². The minimum atomic E-state index is 0.574. The first-order valence-corrected chi connectivity index (χ1v) is 5.71. The monoisotopic (exact) mass is 209 g/mol. The van der Waals surface area contributed by atoms with Gasteiger partial charge < -0.3 is 5.32 Å². The first-order chi connectivity index (χ1) is 7.00. The number of aryl methyl sites for hydroxylation is 1. The quantitative estimate of drug-likeness (QED) is 0.806. The predicted molar refractivity (Wildman–Crippen MR) is 63.7 cm³/mol. The lowest BCUT2D eigenvalue weighted by molar-refractivity contribution is 0.441. The Hall–Kier alpha value is -0.830. The van der Waals surface area contributed by atoms with Crippen molar-refractivity contribution in [1.29, 1.82) is 0 Å². The highest BCUT2D eigenvalue weighted by Gasteiger charge is 2.07. The lowest BCUT2D eigenvalue weighted by Crippen LogP contribution is -2.27. The SMILES string of the molecule is Cc1c(CNC(C)CC(C)C)cnn1C. The maximum atomic E-state index is 4.23. The molecule has 0 fully saturated rings. The van der Waals surface area contributed by atoms with E-state index in [9.17, 15) is 0 Å². The molecule has 15 heavy (non-hydrogen) atoms. The summed E-state index contributed by atoms with van der Waals surface area (Å²) in [7, 11) is 1.98. The highest BCUT2D eigenvalue weighted by molar-refractivity contribution is 5.15. The average Bonchev–Trinajstić information content (AvgIpc) is 2.44. The van der Waals surface area contributed by atoms with E-state index in [2.05, 4.69) is 38.1 Å². The Balaban J connectivity index is 2.40. The molecule has 0 aliphatic heterocycles. The molecule has 0 radical (unpaired) electrons. The second-order valence-electron chi connectivity index (χ2n) is 4.79. The summed E-state index contributed by atoms with van der Waals surface area (Å²) < 4.78 is 1.92. The maximum Gasteiger partial charge on any atom is 0.0537 e. The standard InChI is InChI=1S/C12H23N3/c1-9(2)6-10(3)13-7-12-8-14-15(5)11(12)4/h8-10,13H,6-7H2,1-5H3. The van der Waals surface area contributed by atoms with Crippen molar-refractivity contribution in [2.75, 3.05) is 0 Å². The molecule has 3 nitrogen and oxygen atoms in total. The molecule has 0 amide bonds. The van der Waals surface area contributed by atoms with Crippen molar-refractivity contribution < 1.29 is 0 Å². The van der Waals surface area contributed by atoms with Gasteiger partial charge in [-0.15, -0.1) is 0 Å². The smallest absolute Gasteiger partial charge is 0.0537 e. The fraction of sp³-hybridized carbons (Fsp3) is 0.750. The van der Waals surface area contributed by atoms with Gasteiger partial charge in [-0.05, 0) is 26.2 Å². The van der Waals surface area contributed by atoms with Gasteiger partial charge in [0.25, 0.3) is 0 Å². The van der Waals surface area contributed by atoms with Crippen LogP contribution in [0.25, 0.3) is 0 Å². The Bertz CT molecular complexity index is 302. The van der Waals surface area contributed by atoms with Crippen molar-refractivity contribution in [2.45, 2.75) is 46.7 Å². The van der Waals surface area contributed by atoms with Gasteiger partial charge in [0.05, 0.1) is 6.20 Å². The normalized spacial score (nSPS) is 13.5. The van der Waals surface area contributed by atoms with E-state index in [0.29, 0.717) is 6.04 Å². The molecule has 0 bridgehead atoms. The molecule has 0 saturated carbocycles. The van der Waals surface area contributed by atoms with Gasteiger partial charge >= 0.3 is 0 Å². The Morgan fingerprint density at radius 1 is 1.40 bits per heavy atom. The molecule has 1 aromatic heterocycles. The summed E-state index contributed by atoms with van der Waals surface area (Å²) in [5, 5.41) is 7.76. The van der Waals surface area contributed by atoms with Crippen LogP contribution in [0.15, 0.2) is 6.20 Å². The predicted octanol–water partition coefficient (Wildman–Crippen LogP) is 2.25. The average molecular weight is 209 g/mol. The second kappa shape index (κ2) is 5.31. The highest BCUT2D eigenvalue weighted by Crippen LogP contribution is 2.08. The zero-order valence-corrected chi connectivity index (χ0v) is 10.5. The fourth-order valence-corrected chi connectivity index (χ4v) is 1.79. The van der Waals surface area contributed by atoms with Crippen LogP contribution < -0.4 is 5.32 Å². The Morgan fingerprint density at radius 2 is 2.07 bits per heavy atom. The minimum absolute atomic E-state index is 0.574. The van der Waals surface area contributed by atoms with Crippen molar-refractivity contribution in [1.82, 2.24) is 15.1 Å². The Labute approximate surface area is 92.9 Å². The Morgan fingerprint density at radius 3 is 2.53 bits per heavy atom. The molecule has 0 aliphatic rings. The van der Waals surface area contributed by atoms with Crippen LogP contribution in [0.1, 0.15) is 38.4 Å². The topological polar surface area (TPSA) is 29.9 Å². The molecular formula is C12H23N3. The summed E-state index contributed by atoms with van der Waals surface area (Å²) in [5.74, 6) is 0.752. The van der Waals surface area contributed by atoms with E-state index in [1.54, 1.807) is 0 Å². The van der Waals surface area contributed by atoms with Crippen LogP contribution >= 0.6 is 0 Å². The molecule has 1 N–H and O–H groups in total. The molecule has 1 unspecified atom stereocenters. The largest absolute Gasteiger partial charge is 0.310 e. The van der Waals surface area contributed by atoms with Gasteiger partial charge in [0.1, 0.15) is 0 Å². The van der Waals surface area contributed by atoms with E-state index in [-0.39, 0.29) is 0 Å². The third-order valence-corrected chi connectivity index (χ3v) is 2.80. The van der Waals surface area contributed by atoms with E-state index in [0.717, 1.165) is 12.5 Å². The zero-order valence-electron chi connectivity index (χ0n) is 10.5. The summed E-state index contributed by atoms with van der Waals surface area (Å²) in [5.41, 5.74) is 2.55. The third-order valence-electron chi connectivity index (χ3n) is 2.80. The van der Waals surface area contributed by atoms with E-state index in [1.165, 1.54) is 17.7 Å². The van der Waals surface area contributed by atoms with E-state index >= 15 is 0 Å². The van der Waals surface area contributed by atoms with Gasteiger partial charge in [-0.2, -0.15) is 5.10 Å². The summed E-state index contributed by atoms with van der Waals surface area (Å²) in [6.45, 7) is 9.79. The number of hydrogen-bond donors (Lipinski definition) is 1. The lowest BCUT2D eigenvalue weighted by Gasteiger charge is -2.15. The molecule has 0 saturated heterocycles. The van der Waals surface area contributed by atoms with E-state index in [4.69, 9.17) is 0 Å².